The molecular weight excluding hydrogens is 487 g/mol. The van der Waals surface area contributed by atoms with Gasteiger partial charge < -0.3 is 0 Å². The molecule has 102 valence electrons. The zero-order chi connectivity index (χ0) is 14.3. The number of thiophene rings is 1. The molecule has 0 nitrogen and oxygen atoms in total. The van der Waals surface area contributed by atoms with Crippen LogP contribution in [0.3, 0.4) is 0 Å². The summed E-state index contributed by atoms with van der Waals surface area (Å²) in [4.78, 5) is 0.152. The van der Waals surface area contributed by atoms with E-state index in [1.54, 1.807) is 11.3 Å². The van der Waals surface area contributed by atoms with Crippen LogP contribution in [0.1, 0.15) is 16.0 Å². The van der Waals surface area contributed by atoms with Crippen LogP contribution in [0.2, 0.25) is 5.02 Å². The maximum Gasteiger partial charge on any atom is 0.0659 e. The normalized spacial score (nSPS) is 12.8. The standard InChI is InChI=1S/C15H8Br3ClS/c16-11-3-1-2-9-10(7-20-15(9)11)14(18)8-4-5-13(19)12(17)6-8/h1-7,14H. The van der Waals surface area contributed by atoms with Crippen molar-refractivity contribution in [1.29, 1.82) is 0 Å². The van der Waals surface area contributed by atoms with Crippen molar-refractivity contribution in [3.05, 3.63) is 66.9 Å². The van der Waals surface area contributed by atoms with Gasteiger partial charge >= 0.3 is 0 Å². The van der Waals surface area contributed by atoms with E-state index in [1.165, 1.54) is 21.2 Å². The highest BCUT2D eigenvalue weighted by Crippen LogP contribution is 2.41. The molecule has 5 heteroatoms. The van der Waals surface area contributed by atoms with Crippen molar-refractivity contribution >= 4 is 80.8 Å². The van der Waals surface area contributed by atoms with E-state index in [9.17, 15) is 0 Å². The fourth-order valence-electron chi connectivity index (χ4n) is 2.09. The van der Waals surface area contributed by atoms with Crippen molar-refractivity contribution in [2.75, 3.05) is 0 Å². The lowest BCUT2D eigenvalue weighted by molar-refractivity contribution is 1.20. The molecule has 0 spiro atoms. The van der Waals surface area contributed by atoms with Gasteiger partial charge in [0.15, 0.2) is 0 Å². The summed E-state index contributed by atoms with van der Waals surface area (Å²) in [6, 6.07) is 12.3. The Morgan fingerprint density at radius 1 is 1.05 bits per heavy atom. The Hall–Kier alpha value is 0.130. The van der Waals surface area contributed by atoms with E-state index in [1.807, 2.05) is 12.1 Å². The second kappa shape index (κ2) is 6.09. The van der Waals surface area contributed by atoms with E-state index in [4.69, 9.17) is 11.6 Å². The Labute approximate surface area is 151 Å². The van der Waals surface area contributed by atoms with Crippen LogP contribution in [0.5, 0.6) is 0 Å². The lowest BCUT2D eigenvalue weighted by atomic mass is 10.0. The van der Waals surface area contributed by atoms with Gasteiger partial charge in [-0.3, -0.25) is 0 Å². The number of rotatable bonds is 2. The molecule has 0 radical (unpaired) electrons. The minimum absolute atomic E-state index is 0.152. The molecule has 0 aliphatic rings. The fourth-order valence-corrected chi connectivity index (χ4v) is 5.09. The third-order valence-electron chi connectivity index (χ3n) is 3.09. The van der Waals surface area contributed by atoms with Crippen molar-refractivity contribution in [3.63, 3.8) is 0 Å². The third kappa shape index (κ3) is 2.73. The highest BCUT2D eigenvalue weighted by Gasteiger charge is 2.16. The minimum Gasteiger partial charge on any atom is -0.142 e. The zero-order valence-corrected chi connectivity index (χ0v) is 16.4. The molecule has 20 heavy (non-hydrogen) atoms. The number of fused-ring (bicyclic) bond motifs is 1. The number of halogens is 4. The van der Waals surface area contributed by atoms with Gasteiger partial charge in [-0.25, -0.2) is 0 Å². The topological polar surface area (TPSA) is 0 Å². The maximum absolute atomic E-state index is 6.06. The number of hydrogen-bond acceptors (Lipinski definition) is 1. The monoisotopic (exact) mass is 492 g/mol. The smallest absolute Gasteiger partial charge is 0.0659 e. The summed E-state index contributed by atoms with van der Waals surface area (Å²) in [5.41, 5.74) is 2.46. The molecule has 1 aromatic heterocycles. The summed E-state index contributed by atoms with van der Waals surface area (Å²) >= 11 is 18.7. The lowest BCUT2D eigenvalue weighted by Crippen LogP contribution is -1.91. The Balaban J connectivity index is 2.10. The first-order valence-electron chi connectivity index (χ1n) is 5.82. The maximum atomic E-state index is 6.06. The average Bonchev–Trinajstić information content (AvgIpc) is 2.86. The molecule has 0 fully saturated rings. The highest BCUT2D eigenvalue weighted by atomic mass is 79.9. The van der Waals surface area contributed by atoms with Gasteiger partial charge in [-0.1, -0.05) is 45.7 Å². The molecule has 0 saturated heterocycles. The molecule has 3 rings (SSSR count). The molecule has 0 N–H and O–H groups in total. The lowest BCUT2D eigenvalue weighted by Gasteiger charge is -2.11. The summed E-state index contributed by atoms with van der Waals surface area (Å²) in [5.74, 6) is 0. The molecule has 1 unspecified atom stereocenters. The first-order valence-corrected chi connectivity index (χ1v) is 9.58. The van der Waals surface area contributed by atoms with Crippen molar-refractivity contribution in [2.45, 2.75) is 4.83 Å². The largest absolute Gasteiger partial charge is 0.142 e. The van der Waals surface area contributed by atoms with Gasteiger partial charge in [0.05, 0.1) is 9.85 Å². The van der Waals surface area contributed by atoms with Gasteiger partial charge in [-0.2, -0.15) is 0 Å². The van der Waals surface area contributed by atoms with Crippen LogP contribution in [0, 0.1) is 0 Å². The van der Waals surface area contributed by atoms with Gasteiger partial charge in [0.2, 0.25) is 0 Å². The molecule has 0 saturated carbocycles. The first kappa shape index (κ1) is 15.0. The van der Waals surface area contributed by atoms with E-state index in [0.29, 0.717) is 0 Å². The van der Waals surface area contributed by atoms with E-state index in [2.05, 4.69) is 77.4 Å². The Morgan fingerprint density at radius 3 is 2.60 bits per heavy atom. The molecule has 1 atom stereocenters. The van der Waals surface area contributed by atoms with Gasteiger partial charge in [-0.15, -0.1) is 11.3 Å². The predicted molar refractivity (Wildman–Crippen MR) is 99.4 cm³/mol. The van der Waals surface area contributed by atoms with Crippen molar-refractivity contribution in [3.8, 4) is 0 Å². The van der Waals surface area contributed by atoms with Crippen LogP contribution < -0.4 is 0 Å². The minimum atomic E-state index is 0.152. The summed E-state index contributed by atoms with van der Waals surface area (Å²) in [6.07, 6.45) is 0. The first-order chi connectivity index (χ1) is 9.58. The SMILES string of the molecule is Clc1ccc(C(Br)c2csc3c(Br)cccc23)cc1Br. The van der Waals surface area contributed by atoms with Gasteiger partial charge in [0, 0.05) is 13.6 Å². The van der Waals surface area contributed by atoms with Crippen LogP contribution >= 0.6 is 70.7 Å². The van der Waals surface area contributed by atoms with Gasteiger partial charge in [0.25, 0.3) is 0 Å². The molecule has 0 aliphatic carbocycles. The predicted octanol–water partition coefficient (Wildman–Crippen LogP) is 7.56. The van der Waals surface area contributed by atoms with Crippen LogP contribution in [-0.4, -0.2) is 0 Å². The summed E-state index contributed by atoms with van der Waals surface area (Å²) in [6.45, 7) is 0. The highest BCUT2D eigenvalue weighted by molar-refractivity contribution is 9.11. The van der Waals surface area contributed by atoms with Crippen molar-refractivity contribution in [1.82, 2.24) is 0 Å². The Morgan fingerprint density at radius 2 is 1.85 bits per heavy atom. The average molecular weight is 495 g/mol. The number of benzene rings is 2. The fraction of sp³-hybridized carbons (Fsp3) is 0.0667. The Bertz CT molecular complexity index is 782. The quantitative estimate of drug-likeness (QED) is 0.322. The Kier molecular flexibility index (Phi) is 4.58. The van der Waals surface area contributed by atoms with E-state index < -0.39 is 0 Å². The van der Waals surface area contributed by atoms with Crippen LogP contribution in [-0.2, 0) is 0 Å². The molecule has 2 aromatic carbocycles. The molecular formula is C15H8Br3ClS. The van der Waals surface area contributed by atoms with E-state index in [0.717, 1.165) is 14.0 Å². The van der Waals surface area contributed by atoms with Gasteiger partial charge in [0.1, 0.15) is 0 Å². The molecule has 1 heterocycles. The molecule has 0 aliphatic heterocycles. The summed E-state index contributed by atoms with van der Waals surface area (Å²) < 4.78 is 3.34. The van der Waals surface area contributed by atoms with Crippen molar-refractivity contribution in [2.24, 2.45) is 0 Å². The molecule has 0 amide bonds. The van der Waals surface area contributed by atoms with Gasteiger partial charge in [-0.05, 0) is 72.0 Å². The second-order valence-corrected chi connectivity index (χ2v) is 8.25. The summed E-state index contributed by atoms with van der Waals surface area (Å²) in [5, 5.41) is 4.21. The second-order valence-electron chi connectivity index (χ2n) is 4.34. The van der Waals surface area contributed by atoms with Crippen LogP contribution in [0.15, 0.2) is 50.7 Å². The molecule has 0 bridgehead atoms. The van der Waals surface area contributed by atoms with Crippen molar-refractivity contribution < 1.29 is 0 Å². The van der Waals surface area contributed by atoms with Crippen LogP contribution in [0.4, 0.5) is 0 Å². The van der Waals surface area contributed by atoms with E-state index >= 15 is 0 Å². The zero-order valence-electron chi connectivity index (χ0n) is 10.0. The van der Waals surface area contributed by atoms with Crippen LogP contribution in [0.25, 0.3) is 10.1 Å². The molecule has 3 aromatic rings. The number of alkyl halides is 1. The summed E-state index contributed by atoms with van der Waals surface area (Å²) in [7, 11) is 0. The number of hydrogen-bond donors (Lipinski definition) is 0. The third-order valence-corrected chi connectivity index (χ3v) is 7.30. The van der Waals surface area contributed by atoms with E-state index in [-0.39, 0.29) is 4.83 Å².